The minimum Gasteiger partial charge on any atom is -0.354 e. The zero-order valence-electron chi connectivity index (χ0n) is 18.4. The maximum Gasteiger partial charge on any atom is 0.242 e. The number of nitrogens with zero attached hydrogens (tertiary/aromatic N) is 2. The van der Waals surface area contributed by atoms with E-state index in [0.717, 1.165) is 29.8 Å². The Morgan fingerprint density at radius 2 is 1.87 bits per heavy atom. The van der Waals surface area contributed by atoms with Gasteiger partial charge in [-0.3, -0.25) is 9.59 Å². The SMILES string of the molecule is C[C@@H](C(=O)NCCC1=CCCCC1)N(Cc1ccc(F)cc1)C(=O)CN(C)S(C)(=O)=O. The lowest BCUT2D eigenvalue weighted by atomic mass is 9.97. The molecule has 1 N–H and O–H groups in total. The minimum absolute atomic E-state index is 0.0659. The molecule has 1 aliphatic rings. The van der Waals surface area contributed by atoms with E-state index in [1.807, 2.05) is 0 Å². The summed E-state index contributed by atoms with van der Waals surface area (Å²) in [6.07, 6.45) is 8.53. The zero-order chi connectivity index (χ0) is 23.0. The molecule has 0 aliphatic heterocycles. The number of halogens is 1. The third kappa shape index (κ3) is 8.06. The molecule has 0 spiro atoms. The van der Waals surface area contributed by atoms with Gasteiger partial charge in [0.1, 0.15) is 11.9 Å². The molecule has 31 heavy (non-hydrogen) atoms. The Labute approximate surface area is 184 Å². The summed E-state index contributed by atoms with van der Waals surface area (Å²) in [6.45, 7) is 1.77. The standard InChI is InChI=1S/C22H32FN3O4S/c1-17(22(28)24-14-13-18-7-5-4-6-8-18)26(15-19-9-11-20(23)12-10-19)21(27)16-25(2)31(3,29)30/h7,9-12,17H,4-6,8,13-16H2,1-3H3,(H,24,28)/t17-/m0/s1. The molecule has 0 fully saturated rings. The molecule has 172 valence electrons. The number of hydrogen-bond donors (Lipinski definition) is 1. The first-order valence-corrected chi connectivity index (χ1v) is 12.3. The Hall–Kier alpha value is -2.26. The van der Waals surface area contributed by atoms with E-state index in [9.17, 15) is 22.4 Å². The van der Waals surface area contributed by atoms with Crippen LogP contribution in [0.15, 0.2) is 35.9 Å². The fourth-order valence-electron chi connectivity index (χ4n) is 3.39. The van der Waals surface area contributed by atoms with E-state index in [4.69, 9.17) is 0 Å². The van der Waals surface area contributed by atoms with Crippen LogP contribution in [0, 0.1) is 5.82 Å². The van der Waals surface area contributed by atoms with Gasteiger partial charge in [0.25, 0.3) is 0 Å². The Balaban J connectivity index is 2.07. The van der Waals surface area contributed by atoms with E-state index in [1.165, 1.54) is 54.6 Å². The van der Waals surface area contributed by atoms with Crippen molar-refractivity contribution in [3.05, 3.63) is 47.3 Å². The molecule has 9 heteroatoms. The first-order valence-electron chi connectivity index (χ1n) is 10.5. The van der Waals surface area contributed by atoms with Crippen molar-refractivity contribution in [1.29, 1.82) is 0 Å². The fraction of sp³-hybridized carbons (Fsp3) is 0.545. The number of likely N-dealkylation sites (N-methyl/N-ethyl adjacent to an activating group) is 1. The Morgan fingerprint density at radius 3 is 2.45 bits per heavy atom. The molecule has 2 amide bonds. The second-order valence-electron chi connectivity index (χ2n) is 7.99. The number of carbonyl (C=O) groups excluding carboxylic acids is 2. The van der Waals surface area contributed by atoms with Gasteiger partial charge >= 0.3 is 0 Å². The summed E-state index contributed by atoms with van der Waals surface area (Å²) in [5, 5.41) is 2.88. The molecular formula is C22H32FN3O4S. The van der Waals surface area contributed by atoms with Crippen molar-refractivity contribution >= 4 is 21.8 Å². The van der Waals surface area contributed by atoms with Gasteiger partial charge in [-0.2, -0.15) is 4.31 Å². The summed E-state index contributed by atoms with van der Waals surface area (Å²) < 4.78 is 37.6. The van der Waals surface area contributed by atoms with Gasteiger partial charge in [-0.1, -0.05) is 23.8 Å². The van der Waals surface area contributed by atoms with Crippen molar-refractivity contribution in [2.24, 2.45) is 0 Å². The van der Waals surface area contributed by atoms with Crippen LogP contribution < -0.4 is 5.32 Å². The highest BCUT2D eigenvalue weighted by molar-refractivity contribution is 7.88. The molecule has 0 saturated heterocycles. The fourth-order valence-corrected chi connectivity index (χ4v) is 3.74. The van der Waals surface area contributed by atoms with Gasteiger partial charge in [-0.25, -0.2) is 12.8 Å². The van der Waals surface area contributed by atoms with Gasteiger partial charge < -0.3 is 10.2 Å². The molecular weight excluding hydrogens is 421 g/mol. The van der Waals surface area contributed by atoms with Crippen LogP contribution in [0.25, 0.3) is 0 Å². The van der Waals surface area contributed by atoms with Gasteiger partial charge in [0, 0.05) is 20.1 Å². The third-order valence-corrected chi connectivity index (χ3v) is 6.75. The second kappa shape index (κ2) is 11.4. The van der Waals surface area contributed by atoms with Crippen LogP contribution in [0.3, 0.4) is 0 Å². The molecule has 0 saturated carbocycles. The molecule has 7 nitrogen and oxygen atoms in total. The first kappa shape index (κ1) is 25.0. The van der Waals surface area contributed by atoms with E-state index in [-0.39, 0.29) is 19.0 Å². The van der Waals surface area contributed by atoms with Crippen molar-refractivity contribution in [3.63, 3.8) is 0 Å². The molecule has 0 aromatic heterocycles. The van der Waals surface area contributed by atoms with Crippen LogP contribution in [0.5, 0.6) is 0 Å². The summed E-state index contributed by atoms with van der Waals surface area (Å²) in [5.74, 6) is -1.22. The van der Waals surface area contributed by atoms with Gasteiger partial charge in [0.15, 0.2) is 0 Å². The largest absolute Gasteiger partial charge is 0.354 e. The lowest BCUT2D eigenvalue weighted by Gasteiger charge is -2.30. The molecule has 2 rings (SSSR count). The number of hydrogen-bond acceptors (Lipinski definition) is 4. The molecule has 1 atom stereocenters. The van der Waals surface area contributed by atoms with Gasteiger partial charge in [0.2, 0.25) is 21.8 Å². The maximum atomic E-state index is 13.2. The zero-order valence-corrected chi connectivity index (χ0v) is 19.3. The van der Waals surface area contributed by atoms with Gasteiger partial charge in [-0.05, 0) is 56.7 Å². The van der Waals surface area contributed by atoms with Crippen molar-refractivity contribution < 1.29 is 22.4 Å². The van der Waals surface area contributed by atoms with E-state index < -0.39 is 27.8 Å². The quantitative estimate of drug-likeness (QED) is 0.552. The van der Waals surface area contributed by atoms with Crippen LogP contribution in [0.2, 0.25) is 0 Å². The average Bonchev–Trinajstić information content (AvgIpc) is 2.72. The highest BCUT2D eigenvalue weighted by Crippen LogP contribution is 2.19. The Morgan fingerprint density at radius 1 is 1.19 bits per heavy atom. The van der Waals surface area contributed by atoms with Crippen molar-refractivity contribution in [2.45, 2.75) is 51.6 Å². The van der Waals surface area contributed by atoms with Crippen LogP contribution in [-0.4, -0.2) is 61.9 Å². The summed E-state index contributed by atoms with van der Waals surface area (Å²) in [6, 6.07) is 4.82. The molecule has 0 bridgehead atoms. The summed E-state index contributed by atoms with van der Waals surface area (Å²) in [4.78, 5) is 27.0. The topological polar surface area (TPSA) is 86.8 Å². The maximum absolute atomic E-state index is 13.2. The summed E-state index contributed by atoms with van der Waals surface area (Å²) in [7, 11) is -2.24. The third-order valence-electron chi connectivity index (χ3n) is 5.49. The smallest absolute Gasteiger partial charge is 0.242 e. The molecule has 0 unspecified atom stereocenters. The Kier molecular flexibility index (Phi) is 9.18. The van der Waals surface area contributed by atoms with Crippen molar-refractivity contribution in [1.82, 2.24) is 14.5 Å². The number of amides is 2. The molecule has 1 aliphatic carbocycles. The Bertz CT molecular complexity index is 900. The van der Waals surface area contributed by atoms with E-state index >= 15 is 0 Å². The number of benzene rings is 1. The highest BCUT2D eigenvalue weighted by atomic mass is 32.2. The van der Waals surface area contributed by atoms with Crippen LogP contribution in [-0.2, 0) is 26.2 Å². The molecule has 1 aromatic rings. The minimum atomic E-state index is -3.55. The highest BCUT2D eigenvalue weighted by Gasteiger charge is 2.28. The summed E-state index contributed by atoms with van der Waals surface area (Å²) in [5.41, 5.74) is 1.98. The lowest BCUT2D eigenvalue weighted by molar-refractivity contribution is -0.140. The van der Waals surface area contributed by atoms with Crippen LogP contribution in [0.1, 0.15) is 44.6 Å². The van der Waals surface area contributed by atoms with E-state index in [2.05, 4.69) is 11.4 Å². The number of rotatable bonds is 10. The molecule has 0 heterocycles. The van der Waals surface area contributed by atoms with Gasteiger partial charge in [0.05, 0.1) is 12.8 Å². The molecule has 1 aromatic carbocycles. The van der Waals surface area contributed by atoms with Gasteiger partial charge in [-0.15, -0.1) is 0 Å². The predicted molar refractivity (Wildman–Crippen MR) is 118 cm³/mol. The van der Waals surface area contributed by atoms with E-state index in [1.54, 1.807) is 6.92 Å². The average molecular weight is 454 g/mol. The molecule has 0 radical (unpaired) electrons. The summed E-state index contributed by atoms with van der Waals surface area (Å²) >= 11 is 0. The van der Waals surface area contributed by atoms with Crippen LogP contribution in [0.4, 0.5) is 4.39 Å². The first-order chi connectivity index (χ1) is 14.6. The van der Waals surface area contributed by atoms with E-state index in [0.29, 0.717) is 12.1 Å². The van der Waals surface area contributed by atoms with Crippen molar-refractivity contribution in [2.75, 3.05) is 26.4 Å². The number of nitrogens with one attached hydrogen (secondary N) is 1. The van der Waals surface area contributed by atoms with Crippen molar-refractivity contribution in [3.8, 4) is 0 Å². The second-order valence-corrected chi connectivity index (χ2v) is 10.1. The van der Waals surface area contributed by atoms with Crippen LogP contribution >= 0.6 is 0 Å². The normalized spacial score (nSPS) is 15.3. The number of sulfonamides is 1. The lowest BCUT2D eigenvalue weighted by Crippen LogP contribution is -2.50. The monoisotopic (exact) mass is 453 g/mol. The predicted octanol–water partition coefficient (Wildman–Crippen LogP) is 2.44. The number of allylic oxidation sites excluding steroid dienone is 1. The number of carbonyl (C=O) groups is 2.